The highest BCUT2D eigenvalue weighted by Crippen LogP contribution is 2.21. The van der Waals surface area contributed by atoms with E-state index in [4.69, 9.17) is 9.47 Å². The van der Waals surface area contributed by atoms with Crippen molar-refractivity contribution in [3.05, 3.63) is 20.8 Å². The fourth-order valence-corrected chi connectivity index (χ4v) is 2.60. The molecule has 0 radical (unpaired) electrons. The van der Waals surface area contributed by atoms with Crippen LogP contribution in [0.15, 0.2) is 15.9 Å². The second kappa shape index (κ2) is 9.49. The predicted molar refractivity (Wildman–Crippen MR) is 76.3 cm³/mol. The van der Waals surface area contributed by atoms with E-state index in [1.165, 1.54) is 11.3 Å². The van der Waals surface area contributed by atoms with Gasteiger partial charge >= 0.3 is 0 Å². The van der Waals surface area contributed by atoms with Gasteiger partial charge in [-0.05, 0) is 40.9 Å². The fourth-order valence-electron chi connectivity index (χ4n) is 1.30. The first-order valence-electron chi connectivity index (χ1n) is 5.84. The number of thiophene rings is 1. The number of amides is 1. The second-order valence-corrected chi connectivity index (χ2v) is 6.13. The SMILES string of the molecule is COCCOCCCCNC(=O)c1ccc(Br)s1. The molecule has 1 N–H and O–H groups in total. The number of carbonyl (C=O) groups is 1. The molecule has 1 aromatic heterocycles. The minimum Gasteiger partial charge on any atom is -0.382 e. The van der Waals surface area contributed by atoms with Gasteiger partial charge in [0.15, 0.2) is 0 Å². The summed E-state index contributed by atoms with van der Waals surface area (Å²) >= 11 is 4.77. The minimum atomic E-state index is -0.00833. The molecule has 0 aliphatic carbocycles. The molecule has 4 nitrogen and oxygen atoms in total. The summed E-state index contributed by atoms with van der Waals surface area (Å²) in [5, 5.41) is 2.88. The number of nitrogens with one attached hydrogen (secondary N) is 1. The topological polar surface area (TPSA) is 47.6 Å². The molecule has 0 unspecified atom stereocenters. The van der Waals surface area contributed by atoms with Gasteiger partial charge in [-0.15, -0.1) is 11.3 Å². The zero-order valence-corrected chi connectivity index (χ0v) is 12.8. The van der Waals surface area contributed by atoms with E-state index in [1.807, 2.05) is 12.1 Å². The van der Waals surface area contributed by atoms with Gasteiger partial charge in [-0.3, -0.25) is 4.79 Å². The summed E-state index contributed by atoms with van der Waals surface area (Å²) in [5.74, 6) is -0.00833. The van der Waals surface area contributed by atoms with Gasteiger partial charge in [-0.1, -0.05) is 0 Å². The second-order valence-electron chi connectivity index (χ2n) is 3.67. The lowest BCUT2D eigenvalue weighted by Crippen LogP contribution is -2.23. The number of rotatable bonds is 9. The number of methoxy groups -OCH3 is 1. The van der Waals surface area contributed by atoms with Crippen LogP contribution in [-0.4, -0.2) is 39.4 Å². The lowest BCUT2D eigenvalue weighted by atomic mass is 10.3. The van der Waals surface area contributed by atoms with Crippen LogP contribution in [0.1, 0.15) is 22.5 Å². The first-order chi connectivity index (χ1) is 8.74. The number of hydrogen-bond donors (Lipinski definition) is 1. The van der Waals surface area contributed by atoms with Gasteiger partial charge in [0.1, 0.15) is 0 Å². The number of carbonyl (C=O) groups excluding carboxylic acids is 1. The number of hydrogen-bond acceptors (Lipinski definition) is 4. The smallest absolute Gasteiger partial charge is 0.261 e. The molecule has 0 aromatic carbocycles. The van der Waals surface area contributed by atoms with E-state index in [-0.39, 0.29) is 5.91 Å². The molecule has 1 heterocycles. The van der Waals surface area contributed by atoms with Gasteiger partial charge in [0.2, 0.25) is 0 Å². The lowest BCUT2D eigenvalue weighted by Gasteiger charge is -2.04. The minimum absolute atomic E-state index is 0.00833. The van der Waals surface area contributed by atoms with Crippen molar-refractivity contribution in [2.24, 2.45) is 0 Å². The van der Waals surface area contributed by atoms with Crippen LogP contribution >= 0.6 is 27.3 Å². The molecule has 1 rings (SSSR count). The van der Waals surface area contributed by atoms with Gasteiger partial charge in [0.05, 0.1) is 21.9 Å². The van der Waals surface area contributed by atoms with Crippen molar-refractivity contribution in [1.82, 2.24) is 5.32 Å². The van der Waals surface area contributed by atoms with Gasteiger partial charge in [-0.2, -0.15) is 0 Å². The molecule has 0 bridgehead atoms. The summed E-state index contributed by atoms with van der Waals surface area (Å²) in [5.41, 5.74) is 0. The molecule has 0 atom stereocenters. The summed E-state index contributed by atoms with van der Waals surface area (Å²) in [6.45, 7) is 2.65. The van der Waals surface area contributed by atoms with Crippen LogP contribution in [0.3, 0.4) is 0 Å². The molecular weight excluding hydrogens is 318 g/mol. The van der Waals surface area contributed by atoms with E-state index < -0.39 is 0 Å². The van der Waals surface area contributed by atoms with Gasteiger partial charge in [0, 0.05) is 20.3 Å². The third-order valence-electron chi connectivity index (χ3n) is 2.23. The molecule has 0 saturated carbocycles. The van der Waals surface area contributed by atoms with Crippen molar-refractivity contribution in [1.29, 1.82) is 0 Å². The maximum atomic E-state index is 11.7. The molecule has 0 aliphatic heterocycles. The van der Waals surface area contributed by atoms with E-state index in [2.05, 4.69) is 21.2 Å². The summed E-state index contributed by atoms with van der Waals surface area (Å²) in [6, 6.07) is 3.70. The van der Waals surface area contributed by atoms with Gasteiger partial charge < -0.3 is 14.8 Å². The quantitative estimate of drug-likeness (QED) is 0.706. The van der Waals surface area contributed by atoms with Crippen LogP contribution in [0.25, 0.3) is 0 Å². The average Bonchev–Trinajstić information content (AvgIpc) is 2.79. The van der Waals surface area contributed by atoms with Crippen molar-refractivity contribution in [3.63, 3.8) is 0 Å². The molecule has 18 heavy (non-hydrogen) atoms. The maximum absolute atomic E-state index is 11.7. The largest absolute Gasteiger partial charge is 0.382 e. The van der Waals surface area contributed by atoms with E-state index >= 15 is 0 Å². The number of halogens is 1. The molecular formula is C12H18BrNO3S. The molecule has 0 fully saturated rings. The highest BCUT2D eigenvalue weighted by Gasteiger charge is 2.06. The van der Waals surface area contributed by atoms with Gasteiger partial charge in [-0.25, -0.2) is 0 Å². The summed E-state index contributed by atoms with van der Waals surface area (Å²) in [7, 11) is 1.65. The van der Waals surface area contributed by atoms with Crippen LogP contribution in [0.2, 0.25) is 0 Å². The van der Waals surface area contributed by atoms with Crippen molar-refractivity contribution in [2.75, 3.05) is 33.5 Å². The van der Waals surface area contributed by atoms with E-state index in [1.54, 1.807) is 7.11 Å². The first kappa shape index (κ1) is 15.6. The zero-order chi connectivity index (χ0) is 13.2. The van der Waals surface area contributed by atoms with Crippen LogP contribution in [-0.2, 0) is 9.47 Å². The van der Waals surface area contributed by atoms with Crippen LogP contribution in [0, 0.1) is 0 Å². The molecule has 6 heteroatoms. The molecule has 0 aliphatic rings. The Labute approximate surface area is 120 Å². The van der Waals surface area contributed by atoms with Crippen molar-refractivity contribution in [3.8, 4) is 0 Å². The highest BCUT2D eigenvalue weighted by atomic mass is 79.9. The molecule has 102 valence electrons. The fraction of sp³-hybridized carbons (Fsp3) is 0.583. The third-order valence-corrected chi connectivity index (χ3v) is 3.85. The van der Waals surface area contributed by atoms with Crippen LogP contribution in [0.4, 0.5) is 0 Å². The molecule has 1 aromatic rings. The van der Waals surface area contributed by atoms with E-state index in [0.29, 0.717) is 26.4 Å². The number of ether oxygens (including phenoxy) is 2. The van der Waals surface area contributed by atoms with E-state index in [9.17, 15) is 4.79 Å². The predicted octanol–water partition coefficient (Wildman–Crippen LogP) is 2.68. The summed E-state index contributed by atoms with van der Waals surface area (Å²) < 4.78 is 11.2. The van der Waals surface area contributed by atoms with Gasteiger partial charge in [0.25, 0.3) is 5.91 Å². The van der Waals surface area contributed by atoms with Crippen molar-refractivity contribution < 1.29 is 14.3 Å². The Kier molecular flexibility index (Phi) is 8.24. The lowest BCUT2D eigenvalue weighted by molar-refractivity contribution is 0.0686. The van der Waals surface area contributed by atoms with Crippen molar-refractivity contribution in [2.45, 2.75) is 12.8 Å². The molecule has 1 amide bonds. The van der Waals surface area contributed by atoms with Crippen molar-refractivity contribution >= 4 is 33.2 Å². The summed E-state index contributed by atoms with van der Waals surface area (Å²) in [6.07, 6.45) is 1.86. The zero-order valence-electron chi connectivity index (χ0n) is 10.4. The number of unbranched alkanes of at least 4 members (excludes halogenated alkanes) is 1. The Morgan fingerprint density at radius 1 is 1.33 bits per heavy atom. The molecule has 0 saturated heterocycles. The van der Waals surface area contributed by atoms with Crippen LogP contribution < -0.4 is 5.32 Å². The Hall–Kier alpha value is -0.430. The standard InChI is InChI=1S/C12H18BrNO3S/c1-16-8-9-17-7-3-2-6-14-12(15)10-4-5-11(13)18-10/h4-5H,2-3,6-9H2,1H3,(H,14,15). The van der Waals surface area contributed by atoms with Crippen LogP contribution in [0.5, 0.6) is 0 Å². The highest BCUT2D eigenvalue weighted by molar-refractivity contribution is 9.11. The molecule has 0 spiro atoms. The third kappa shape index (κ3) is 6.49. The normalized spacial score (nSPS) is 10.6. The Morgan fingerprint density at radius 2 is 2.17 bits per heavy atom. The monoisotopic (exact) mass is 335 g/mol. The first-order valence-corrected chi connectivity index (χ1v) is 7.45. The van der Waals surface area contributed by atoms with E-state index in [0.717, 1.165) is 21.5 Å². The summed E-state index contributed by atoms with van der Waals surface area (Å²) in [4.78, 5) is 12.4. The average molecular weight is 336 g/mol. The Morgan fingerprint density at radius 3 is 2.83 bits per heavy atom. The maximum Gasteiger partial charge on any atom is 0.261 e. The Balaban J connectivity index is 1.99. The Bertz CT molecular complexity index is 357.